The van der Waals surface area contributed by atoms with E-state index in [2.05, 4.69) is 10.3 Å². The number of nitrogens with zero attached hydrogens (tertiary/aromatic N) is 2. The van der Waals surface area contributed by atoms with Gasteiger partial charge in [0.25, 0.3) is 5.91 Å². The number of hydrogen-bond acceptors (Lipinski definition) is 4. The molecule has 0 bridgehead atoms. The molecule has 5 rings (SSSR count). The van der Waals surface area contributed by atoms with Crippen LogP contribution in [0.15, 0.2) is 54.6 Å². The van der Waals surface area contributed by atoms with Crippen molar-refractivity contribution in [3.05, 3.63) is 76.7 Å². The minimum Gasteiger partial charge on any atom is -0.380 e. The van der Waals surface area contributed by atoms with Crippen molar-refractivity contribution in [1.82, 2.24) is 4.98 Å². The molecule has 0 aliphatic carbocycles. The van der Waals surface area contributed by atoms with Crippen molar-refractivity contribution in [1.29, 1.82) is 0 Å². The SMILES string of the molecule is O=C(Nc1ccc(F)c(-c2ccc3c(n2)CCCN3C(=O)c2cccc(Cl)c2)c1)C1COC1. The van der Waals surface area contributed by atoms with E-state index in [0.29, 0.717) is 59.4 Å². The maximum atomic E-state index is 14.7. The number of anilines is 2. The van der Waals surface area contributed by atoms with Crippen LogP contribution in [0.3, 0.4) is 0 Å². The molecular weight excluding hydrogens is 445 g/mol. The van der Waals surface area contributed by atoms with Crippen molar-refractivity contribution in [3.8, 4) is 11.3 Å². The van der Waals surface area contributed by atoms with Gasteiger partial charge in [0.1, 0.15) is 5.82 Å². The quantitative estimate of drug-likeness (QED) is 0.605. The van der Waals surface area contributed by atoms with Gasteiger partial charge < -0.3 is 15.0 Å². The number of ether oxygens (including phenoxy) is 1. The summed E-state index contributed by atoms with van der Waals surface area (Å²) in [7, 11) is 0. The highest BCUT2D eigenvalue weighted by Crippen LogP contribution is 2.32. The highest BCUT2D eigenvalue weighted by atomic mass is 35.5. The number of carbonyl (C=O) groups excluding carboxylic acids is 2. The number of pyridine rings is 1. The zero-order valence-corrected chi connectivity index (χ0v) is 18.4. The summed E-state index contributed by atoms with van der Waals surface area (Å²) in [6, 6.07) is 14.8. The summed E-state index contributed by atoms with van der Waals surface area (Å²) in [6.07, 6.45) is 1.43. The normalized spacial score (nSPS) is 15.5. The highest BCUT2D eigenvalue weighted by molar-refractivity contribution is 6.31. The number of fused-ring (bicyclic) bond motifs is 1. The molecular formula is C25H21ClFN3O3. The molecule has 2 aliphatic rings. The standard InChI is InChI=1S/C25H21ClFN3O3/c26-17-4-1-3-15(11-17)25(32)30-10-2-5-22-23(30)9-8-21(29-22)19-12-18(6-7-20(19)27)28-24(31)16-13-33-14-16/h1,3-4,6-9,11-12,16H,2,5,10,13-14H2,(H,28,31). The molecule has 33 heavy (non-hydrogen) atoms. The van der Waals surface area contributed by atoms with Crippen LogP contribution in [0.5, 0.6) is 0 Å². The van der Waals surface area contributed by atoms with Crippen LogP contribution in [0.1, 0.15) is 22.5 Å². The lowest BCUT2D eigenvalue weighted by Crippen LogP contribution is -2.38. The van der Waals surface area contributed by atoms with Gasteiger partial charge in [-0.05, 0) is 61.4 Å². The molecule has 0 unspecified atom stereocenters. The fourth-order valence-electron chi connectivity index (χ4n) is 4.02. The Morgan fingerprint density at radius 3 is 2.73 bits per heavy atom. The Balaban J connectivity index is 1.43. The zero-order valence-electron chi connectivity index (χ0n) is 17.7. The molecule has 6 nitrogen and oxygen atoms in total. The Morgan fingerprint density at radius 1 is 1.12 bits per heavy atom. The number of hydrogen-bond donors (Lipinski definition) is 1. The van der Waals surface area contributed by atoms with E-state index < -0.39 is 5.82 Å². The summed E-state index contributed by atoms with van der Waals surface area (Å²) in [4.78, 5) is 31.7. The van der Waals surface area contributed by atoms with Crippen molar-refractivity contribution in [2.75, 3.05) is 30.0 Å². The number of aromatic nitrogens is 1. The summed E-state index contributed by atoms with van der Waals surface area (Å²) in [5.74, 6) is -0.908. The van der Waals surface area contributed by atoms with Crippen LogP contribution >= 0.6 is 11.6 Å². The molecule has 1 N–H and O–H groups in total. The van der Waals surface area contributed by atoms with Gasteiger partial charge in [0.05, 0.1) is 36.2 Å². The van der Waals surface area contributed by atoms with E-state index in [1.54, 1.807) is 47.4 Å². The van der Waals surface area contributed by atoms with Crippen LogP contribution in [-0.4, -0.2) is 36.6 Å². The highest BCUT2D eigenvalue weighted by Gasteiger charge is 2.27. The van der Waals surface area contributed by atoms with Crippen molar-refractivity contribution in [2.45, 2.75) is 12.8 Å². The van der Waals surface area contributed by atoms with Crippen molar-refractivity contribution >= 4 is 34.8 Å². The number of halogens is 2. The number of carbonyl (C=O) groups is 2. The molecule has 3 aromatic rings. The van der Waals surface area contributed by atoms with E-state index in [-0.39, 0.29) is 17.7 Å². The van der Waals surface area contributed by atoms with Crippen LogP contribution in [0, 0.1) is 11.7 Å². The second kappa shape index (κ2) is 8.92. The van der Waals surface area contributed by atoms with Gasteiger partial charge in [-0.3, -0.25) is 14.6 Å². The molecule has 2 amide bonds. The van der Waals surface area contributed by atoms with Crippen LogP contribution in [-0.2, 0) is 16.0 Å². The van der Waals surface area contributed by atoms with Gasteiger partial charge in [0, 0.05) is 28.4 Å². The molecule has 2 aromatic carbocycles. The molecule has 1 fully saturated rings. The minimum atomic E-state index is -0.435. The third-order valence-corrected chi connectivity index (χ3v) is 6.11. The first-order valence-corrected chi connectivity index (χ1v) is 11.1. The lowest BCUT2D eigenvalue weighted by atomic mass is 10.0. The van der Waals surface area contributed by atoms with Gasteiger partial charge in [-0.1, -0.05) is 17.7 Å². The van der Waals surface area contributed by atoms with Crippen LogP contribution in [0.4, 0.5) is 15.8 Å². The van der Waals surface area contributed by atoms with Crippen molar-refractivity contribution in [3.63, 3.8) is 0 Å². The maximum absolute atomic E-state index is 14.7. The third-order valence-electron chi connectivity index (χ3n) is 5.87. The maximum Gasteiger partial charge on any atom is 0.258 e. The number of rotatable bonds is 4. The fourth-order valence-corrected chi connectivity index (χ4v) is 4.21. The predicted molar refractivity (Wildman–Crippen MR) is 124 cm³/mol. The van der Waals surface area contributed by atoms with E-state index in [4.69, 9.17) is 16.3 Å². The van der Waals surface area contributed by atoms with Crippen LogP contribution in [0.25, 0.3) is 11.3 Å². The minimum absolute atomic E-state index is 0.146. The van der Waals surface area contributed by atoms with Gasteiger partial charge in [-0.25, -0.2) is 4.39 Å². The Labute approximate surface area is 195 Å². The van der Waals surface area contributed by atoms with Crippen molar-refractivity contribution < 1.29 is 18.7 Å². The average Bonchev–Trinajstić information content (AvgIpc) is 2.78. The Bertz CT molecular complexity index is 1250. The van der Waals surface area contributed by atoms with E-state index in [9.17, 15) is 14.0 Å². The third kappa shape index (κ3) is 4.34. The Morgan fingerprint density at radius 2 is 1.97 bits per heavy atom. The number of aryl methyl sites for hydroxylation is 1. The van der Waals surface area contributed by atoms with E-state index in [0.717, 1.165) is 12.1 Å². The zero-order chi connectivity index (χ0) is 22.9. The molecule has 0 spiro atoms. The smallest absolute Gasteiger partial charge is 0.258 e. The largest absolute Gasteiger partial charge is 0.380 e. The molecule has 3 heterocycles. The summed E-state index contributed by atoms with van der Waals surface area (Å²) in [5.41, 5.74) is 3.19. The summed E-state index contributed by atoms with van der Waals surface area (Å²) < 4.78 is 19.7. The van der Waals surface area contributed by atoms with E-state index in [1.165, 1.54) is 12.1 Å². The molecule has 0 saturated carbocycles. The van der Waals surface area contributed by atoms with Crippen LogP contribution < -0.4 is 10.2 Å². The van der Waals surface area contributed by atoms with Crippen LogP contribution in [0.2, 0.25) is 5.02 Å². The second-order valence-corrected chi connectivity index (χ2v) is 8.59. The van der Waals surface area contributed by atoms with E-state index in [1.807, 2.05) is 0 Å². The summed E-state index contributed by atoms with van der Waals surface area (Å²) in [5, 5.41) is 3.31. The summed E-state index contributed by atoms with van der Waals surface area (Å²) >= 11 is 6.05. The molecule has 0 radical (unpaired) electrons. The molecule has 1 aromatic heterocycles. The lowest BCUT2D eigenvalue weighted by Gasteiger charge is -2.29. The monoisotopic (exact) mass is 465 g/mol. The first-order chi connectivity index (χ1) is 16.0. The fraction of sp³-hybridized carbons (Fsp3) is 0.240. The van der Waals surface area contributed by atoms with E-state index >= 15 is 0 Å². The van der Waals surface area contributed by atoms with Gasteiger partial charge in [-0.2, -0.15) is 0 Å². The Kier molecular flexibility index (Phi) is 5.83. The molecule has 1 saturated heterocycles. The molecule has 0 atom stereocenters. The van der Waals surface area contributed by atoms with Crippen molar-refractivity contribution in [2.24, 2.45) is 5.92 Å². The molecule has 8 heteroatoms. The molecule has 168 valence electrons. The first kappa shape index (κ1) is 21.6. The predicted octanol–water partition coefficient (Wildman–Crippen LogP) is 4.72. The van der Waals surface area contributed by atoms with Gasteiger partial charge >= 0.3 is 0 Å². The van der Waals surface area contributed by atoms with Gasteiger partial charge in [0.15, 0.2) is 0 Å². The van der Waals surface area contributed by atoms with Gasteiger partial charge in [-0.15, -0.1) is 0 Å². The summed E-state index contributed by atoms with van der Waals surface area (Å²) in [6.45, 7) is 1.37. The molecule has 2 aliphatic heterocycles. The first-order valence-electron chi connectivity index (χ1n) is 10.8. The van der Waals surface area contributed by atoms with Gasteiger partial charge in [0.2, 0.25) is 5.91 Å². The number of nitrogens with one attached hydrogen (secondary N) is 1. The second-order valence-electron chi connectivity index (χ2n) is 8.15. The lowest BCUT2D eigenvalue weighted by molar-refractivity contribution is -0.133. The topological polar surface area (TPSA) is 71.5 Å². The number of amides is 2. The number of benzene rings is 2. The Hall–Kier alpha value is -3.29. The average molecular weight is 466 g/mol.